The van der Waals surface area contributed by atoms with Gasteiger partial charge in [-0.15, -0.1) is 0 Å². The smallest absolute Gasteiger partial charge is 0.319 e. The number of anilines is 1. The van der Waals surface area contributed by atoms with Gasteiger partial charge in [-0.25, -0.2) is 4.79 Å². The molecule has 0 aromatic heterocycles. The summed E-state index contributed by atoms with van der Waals surface area (Å²) in [5.41, 5.74) is 1.49. The molecule has 7 nitrogen and oxygen atoms in total. The Bertz CT molecular complexity index is 608. The lowest BCUT2D eigenvalue weighted by molar-refractivity contribution is -0.127. The van der Waals surface area contributed by atoms with Crippen LogP contribution in [0.15, 0.2) is 24.3 Å². The normalized spacial score (nSPS) is 15.4. The lowest BCUT2D eigenvalue weighted by atomic mass is 10.0. The number of urea groups is 1. The number of nitrogens with zero attached hydrogens (tertiary/aromatic N) is 2. The van der Waals surface area contributed by atoms with Crippen molar-refractivity contribution in [1.82, 2.24) is 15.1 Å². The molecule has 2 N–H and O–H groups in total. The molecule has 0 saturated carbocycles. The van der Waals surface area contributed by atoms with Gasteiger partial charge in [0.2, 0.25) is 5.91 Å². The zero-order chi connectivity index (χ0) is 19.2. The Balaban J connectivity index is 1.81. The monoisotopic (exact) mass is 362 g/mol. The minimum atomic E-state index is -0.233. The lowest BCUT2D eigenvalue weighted by Gasteiger charge is -2.40. The predicted molar refractivity (Wildman–Crippen MR) is 102 cm³/mol. The van der Waals surface area contributed by atoms with Crippen LogP contribution in [0.25, 0.3) is 0 Å². The molecule has 0 atom stereocenters. The first-order valence-electron chi connectivity index (χ1n) is 8.95. The molecule has 1 aromatic rings. The van der Waals surface area contributed by atoms with E-state index in [0.717, 1.165) is 31.9 Å². The highest BCUT2D eigenvalue weighted by Crippen LogP contribution is 2.15. The minimum absolute atomic E-state index is 0.0498. The average Bonchev–Trinajstić information content (AvgIpc) is 2.62. The molecule has 0 unspecified atom stereocenters. The summed E-state index contributed by atoms with van der Waals surface area (Å²) in [7, 11) is 3.47. The van der Waals surface area contributed by atoms with Gasteiger partial charge in [0, 0.05) is 45.0 Å². The zero-order valence-corrected chi connectivity index (χ0v) is 16.2. The highest BCUT2D eigenvalue weighted by atomic mass is 16.5. The Hall–Kier alpha value is -2.12. The largest absolute Gasteiger partial charge is 0.379 e. The second-order valence-electron chi connectivity index (χ2n) is 7.38. The predicted octanol–water partition coefficient (Wildman–Crippen LogP) is 1.55. The molecule has 1 aliphatic heterocycles. The Labute approximate surface area is 155 Å². The van der Waals surface area contributed by atoms with Gasteiger partial charge >= 0.3 is 6.03 Å². The number of hydrogen-bond acceptors (Lipinski definition) is 4. The zero-order valence-electron chi connectivity index (χ0n) is 16.2. The molecule has 7 heteroatoms. The Morgan fingerprint density at radius 1 is 1.15 bits per heavy atom. The van der Waals surface area contributed by atoms with Crippen molar-refractivity contribution in [1.29, 1.82) is 0 Å². The third-order valence-electron chi connectivity index (χ3n) is 4.61. The summed E-state index contributed by atoms with van der Waals surface area (Å²) >= 11 is 0. The molecule has 0 spiro atoms. The second-order valence-corrected chi connectivity index (χ2v) is 7.38. The van der Waals surface area contributed by atoms with E-state index in [1.54, 1.807) is 19.0 Å². The molecule has 0 bridgehead atoms. The number of benzene rings is 1. The van der Waals surface area contributed by atoms with Gasteiger partial charge in [-0.3, -0.25) is 9.69 Å². The van der Waals surface area contributed by atoms with Crippen molar-refractivity contribution in [3.05, 3.63) is 29.8 Å². The van der Waals surface area contributed by atoms with Crippen molar-refractivity contribution >= 4 is 17.6 Å². The van der Waals surface area contributed by atoms with E-state index < -0.39 is 0 Å². The first-order chi connectivity index (χ1) is 12.3. The van der Waals surface area contributed by atoms with E-state index in [4.69, 9.17) is 4.74 Å². The summed E-state index contributed by atoms with van der Waals surface area (Å²) in [6.45, 7) is 8.02. The summed E-state index contributed by atoms with van der Waals surface area (Å²) in [6, 6.07) is 7.10. The number of carbonyl (C=O) groups excluding carboxylic acids is 2. The highest BCUT2D eigenvalue weighted by Gasteiger charge is 2.28. The van der Waals surface area contributed by atoms with Crippen molar-refractivity contribution in [2.75, 3.05) is 52.3 Å². The van der Waals surface area contributed by atoms with Crippen molar-refractivity contribution in [2.45, 2.75) is 25.8 Å². The van der Waals surface area contributed by atoms with Gasteiger partial charge in [-0.2, -0.15) is 0 Å². The van der Waals surface area contributed by atoms with Crippen molar-refractivity contribution in [3.8, 4) is 0 Å². The summed E-state index contributed by atoms with van der Waals surface area (Å²) in [6.07, 6.45) is 0.354. The first kappa shape index (κ1) is 20.2. The minimum Gasteiger partial charge on any atom is -0.379 e. The first-order valence-corrected chi connectivity index (χ1v) is 8.95. The van der Waals surface area contributed by atoms with E-state index in [-0.39, 0.29) is 17.5 Å². The molecule has 1 saturated heterocycles. The van der Waals surface area contributed by atoms with Crippen LogP contribution in [0.5, 0.6) is 0 Å². The maximum absolute atomic E-state index is 12.2. The molecule has 1 aliphatic rings. The number of nitrogens with one attached hydrogen (secondary N) is 2. The van der Waals surface area contributed by atoms with Crippen LogP contribution in [0.1, 0.15) is 19.4 Å². The fourth-order valence-electron chi connectivity index (χ4n) is 2.79. The van der Waals surface area contributed by atoms with Crippen molar-refractivity contribution < 1.29 is 14.3 Å². The van der Waals surface area contributed by atoms with Crippen LogP contribution in [0.3, 0.4) is 0 Å². The molecule has 144 valence electrons. The van der Waals surface area contributed by atoms with Crippen LogP contribution in [0.2, 0.25) is 0 Å². The molecule has 1 fully saturated rings. The number of amides is 3. The van der Waals surface area contributed by atoms with Crippen LogP contribution in [-0.4, -0.2) is 74.2 Å². The molecule has 3 amide bonds. The summed E-state index contributed by atoms with van der Waals surface area (Å²) in [5.74, 6) is 0.0498. The molecular formula is C19H30N4O3. The molecular weight excluding hydrogens is 332 g/mol. The number of ether oxygens (including phenoxy) is 1. The van der Waals surface area contributed by atoms with Gasteiger partial charge in [0.25, 0.3) is 0 Å². The number of hydrogen-bond donors (Lipinski definition) is 2. The summed E-state index contributed by atoms with van der Waals surface area (Å²) < 4.78 is 5.38. The van der Waals surface area contributed by atoms with Crippen molar-refractivity contribution in [2.24, 2.45) is 0 Å². The maximum atomic E-state index is 12.2. The second kappa shape index (κ2) is 9.00. The van der Waals surface area contributed by atoms with E-state index >= 15 is 0 Å². The fourth-order valence-corrected chi connectivity index (χ4v) is 2.79. The van der Waals surface area contributed by atoms with Gasteiger partial charge < -0.3 is 20.3 Å². The molecule has 1 aromatic carbocycles. The number of morpholine rings is 1. The maximum Gasteiger partial charge on any atom is 0.319 e. The standard InChI is InChI=1S/C19H30N4O3/c1-19(2,23-9-11-26-12-10-23)14-20-18(25)21-16-7-5-15(6-8-16)13-17(24)22(3)4/h5-8H,9-14H2,1-4H3,(H2,20,21,25). The van der Waals surface area contributed by atoms with E-state index in [2.05, 4.69) is 29.4 Å². The van der Waals surface area contributed by atoms with Gasteiger partial charge in [0.1, 0.15) is 0 Å². The van der Waals surface area contributed by atoms with E-state index in [1.165, 1.54) is 0 Å². The molecule has 2 rings (SSSR count). The Morgan fingerprint density at radius 2 is 1.77 bits per heavy atom. The van der Waals surface area contributed by atoms with Gasteiger partial charge in [0.15, 0.2) is 0 Å². The van der Waals surface area contributed by atoms with E-state index in [0.29, 0.717) is 18.7 Å². The van der Waals surface area contributed by atoms with E-state index in [9.17, 15) is 9.59 Å². The Morgan fingerprint density at radius 3 is 2.35 bits per heavy atom. The number of carbonyl (C=O) groups is 2. The van der Waals surface area contributed by atoms with Gasteiger partial charge in [-0.1, -0.05) is 12.1 Å². The van der Waals surface area contributed by atoms with Crippen molar-refractivity contribution in [3.63, 3.8) is 0 Å². The third-order valence-corrected chi connectivity index (χ3v) is 4.61. The lowest BCUT2D eigenvalue weighted by Crippen LogP contribution is -2.55. The van der Waals surface area contributed by atoms with Gasteiger partial charge in [0.05, 0.1) is 19.6 Å². The van der Waals surface area contributed by atoms with Crippen LogP contribution in [0.4, 0.5) is 10.5 Å². The number of rotatable bonds is 6. The topological polar surface area (TPSA) is 73.9 Å². The molecule has 0 radical (unpaired) electrons. The van der Waals surface area contributed by atoms with Crippen LogP contribution in [-0.2, 0) is 16.0 Å². The summed E-state index contributed by atoms with van der Waals surface area (Å²) in [5, 5.41) is 5.77. The highest BCUT2D eigenvalue weighted by molar-refractivity contribution is 5.89. The molecule has 26 heavy (non-hydrogen) atoms. The Kier molecular flexibility index (Phi) is 6.99. The quantitative estimate of drug-likeness (QED) is 0.805. The van der Waals surface area contributed by atoms with Crippen LogP contribution in [0, 0.1) is 0 Å². The fraction of sp³-hybridized carbons (Fsp3) is 0.579. The SMILES string of the molecule is CN(C)C(=O)Cc1ccc(NC(=O)NCC(C)(C)N2CCOCC2)cc1. The molecule has 1 heterocycles. The summed E-state index contributed by atoms with van der Waals surface area (Å²) in [4.78, 5) is 27.8. The number of likely N-dealkylation sites (N-methyl/N-ethyl adjacent to an activating group) is 1. The van der Waals surface area contributed by atoms with Gasteiger partial charge in [-0.05, 0) is 31.5 Å². The van der Waals surface area contributed by atoms with Crippen LogP contribution < -0.4 is 10.6 Å². The average molecular weight is 362 g/mol. The van der Waals surface area contributed by atoms with E-state index in [1.807, 2.05) is 24.3 Å². The third kappa shape index (κ3) is 6.00. The van der Waals surface area contributed by atoms with Crippen LogP contribution >= 0.6 is 0 Å². The molecule has 0 aliphatic carbocycles.